The maximum atomic E-state index is 13.0. The van der Waals surface area contributed by atoms with Crippen LogP contribution in [0.15, 0.2) is 29.4 Å². The van der Waals surface area contributed by atoms with E-state index in [2.05, 4.69) is 32.9 Å². The van der Waals surface area contributed by atoms with Crippen LogP contribution in [-0.2, 0) is 17.8 Å². The predicted molar refractivity (Wildman–Crippen MR) is 139 cm³/mol. The number of allylic oxidation sites excluding steroid dienone is 4. The fourth-order valence-corrected chi connectivity index (χ4v) is 4.95. The van der Waals surface area contributed by atoms with E-state index in [1.54, 1.807) is 11.8 Å². The highest BCUT2D eigenvalue weighted by atomic mass is 16.5. The number of nitrogens with zero attached hydrogens (tertiary/aromatic N) is 1. The number of carboxylic acid groups (broad SMARTS) is 1. The van der Waals surface area contributed by atoms with Gasteiger partial charge in [-0.1, -0.05) is 30.2 Å². The first-order valence-electron chi connectivity index (χ1n) is 13.0. The molecule has 0 radical (unpaired) electrons. The third-order valence-electron chi connectivity index (χ3n) is 7.48. The highest BCUT2D eigenvalue weighted by Crippen LogP contribution is 2.46. The molecule has 36 heavy (non-hydrogen) atoms. The Balaban J connectivity index is 1.72. The van der Waals surface area contributed by atoms with Crippen molar-refractivity contribution in [2.75, 3.05) is 6.54 Å². The fourth-order valence-electron chi connectivity index (χ4n) is 4.95. The van der Waals surface area contributed by atoms with E-state index in [0.717, 1.165) is 24.8 Å². The molecule has 2 aliphatic rings. The van der Waals surface area contributed by atoms with E-state index in [-0.39, 0.29) is 18.1 Å². The number of fused-ring (bicyclic) bond motifs is 3. The SMILES string of the molecule is CC(C)=CCC/C(C)=C/CC[C@]1(C)Oc2c(c(O)cc3c2CN(CCC[C@H](C)C(=O)O)C3=O)C[C@@H]1O. The second-order valence-corrected chi connectivity index (χ2v) is 10.9. The molecule has 0 saturated carbocycles. The Bertz CT molecular complexity index is 1050. The number of carboxylic acids is 1. The number of carbonyl (C=O) groups is 2. The third kappa shape index (κ3) is 6.30. The first kappa shape index (κ1) is 27.8. The number of carbonyl (C=O) groups excluding carboxylic acids is 1. The lowest BCUT2D eigenvalue weighted by molar-refractivity contribution is -0.141. The molecule has 0 bridgehead atoms. The van der Waals surface area contributed by atoms with Crippen LogP contribution in [0.25, 0.3) is 0 Å². The van der Waals surface area contributed by atoms with Crippen molar-refractivity contribution in [3.05, 3.63) is 46.1 Å². The van der Waals surface area contributed by atoms with Crippen LogP contribution in [0.3, 0.4) is 0 Å². The molecule has 0 unspecified atom stereocenters. The molecule has 1 aromatic rings. The number of aliphatic carboxylic acids is 1. The number of phenols is 1. The monoisotopic (exact) mass is 499 g/mol. The number of rotatable bonds is 11. The minimum atomic E-state index is -0.839. The molecule has 0 fully saturated rings. The number of phenolic OH excluding ortho intramolecular Hbond substituents is 1. The van der Waals surface area contributed by atoms with Crippen molar-refractivity contribution in [1.82, 2.24) is 4.90 Å². The summed E-state index contributed by atoms with van der Waals surface area (Å²) in [4.78, 5) is 25.8. The van der Waals surface area contributed by atoms with Crippen LogP contribution in [0.1, 0.15) is 94.6 Å². The van der Waals surface area contributed by atoms with E-state index in [4.69, 9.17) is 9.84 Å². The number of aliphatic hydroxyl groups excluding tert-OH is 1. The second-order valence-electron chi connectivity index (χ2n) is 10.9. The van der Waals surface area contributed by atoms with Gasteiger partial charge >= 0.3 is 5.97 Å². The number of aromatic hydroxyl groups is 1. The van der Waals surface area contributed by atoms with Gasteiger partial charge in [0.2, 0.25) is 0 Å². The van der Waals surface area contributed by atoms with Crippen LogP contribution in [0.2, 0.25) is 0 Å². The summed E-state index contributed by atoms with van der Waals surface area (Å²) in [6.45, 7) is 10.7. The second kappa shape index (κ2) is 11.5. The van der Waals surface area contributed by atoms with Crippen molar-refractivity contribution in [2.24, 2.45) is 5.92 Å². The van der Waals surface area contributed by atoms with Crippen LogP contribution >= 0.6 is 0 Å². The van der Waals surface area contributed by atoms with Gasteiger partial charge in [0.15, 0.2) is 0 Å². The number of aliphatic hydroxyl groups is 1. The maximum Gasteiger partial charge on any atom is 0.306 e. The molecule has 2 aliphatic heterocycles. The van der Waals surface area contributed by atoms with Gasteiger partial charge in [0.1, 0.15) is 17.1 Å². The molecule has 1 aromatic carbocycles. The summed E-state index contributed by atoms with van der Waals surface area (Å²) >= 11 is 0. The van der Waals surface area contributed by atoms with Crippen molar-refractivity contribution in [1.29, 1.82) is 0 Å². The van der Waals surface area contributed by atoms with Crippen LogP contribution < -0.4 is 4.74 Å². The molecule has 3 N–H and O–H groups in total. The number of ether oxygens (including phenoxy) is 1. The molecule has 3 atom stereocenters. The highest BCUT2D eigenvalue weighted by molar-refractivity contribution is 6.00. The summed E-state index contributed by atoms with van der Waals surface area (Å²) in [6, 6.07) is 1.48. The molecule has 0 aliphatic carbocycles. The molecule has 0 aromatic heterocycles. The van der Waals surface area contributed by atoms with Crippen LogP contribution in [0.4, 0.5) is 0 Å². The van der Waals surface area contributed by atoms with E-state index >= 15 is 0 Å². The van der Waals surface area contributed by atoms with Gasteiger partial charge in [-0.3, -0.25) is 9.59 Å². The van der Waals surface area contributed by atoms with Gasteiger partial charge in [0.05, 0.1) is 24.1 Å². The first-order valence-corrected chi connectivity index (χ1v) is 13.0. The van der Waals surface area contributed by atoms with Crippen molar-refractivity contribution < 1.29 is 29.6 Å². The lowest BCUT2D eigenvalue weighted by Gasteiger charge is -2.40. The maximum absolute atomic E-state index is 13.0. The number of hydrogen-bond donors (Lipinski definition) is 3. The van der Waals surface area contributed by atoms with E-state index < -0.39 is 23.6 Å². The molecule has 2 heterocycles. The van der Waals surface area contributed by atoms with E-state index in [9.17, 15) is 19.8 Å². The largest absolute Gasteiger partial charge is 0.508 e. The van der Waals surface area contributed by atoms with Gasteiger partial charge < -0.3 is 25.0 Å². The summed E-state index contributed by atoms with van der Waals surface area (Å²) in [6.07, 6.45) is 8.37. The Morgan fingerprint density at radius 2 is 1.97 bits per heavy atom. The van der Waals surface area contributed by atoms with E-state index in [1.807, 2.05) is 6.92 Å². The smallest absolute Gasteiger partial charge is 0.306 e. The number of hydrogen-bond acceptors (Lipinski definition) is 5. The average Bonchev–Trinajstić information content (AvgIpc) is 3.10. The Morgan fingerprint density at radius 1 is 1.25 bits per heavy atom. The summed E-state index contributed by atoms with van der Waals surface area (Å²) in [5.74, 6) is -1.00. The van der Waals surface area contributed by atoms with Gasteiger partial charge in [0.25, 0.3) is 5.91 Å². The minimum Gasteiger partial charge on any atom is -0.508 e. The summed E-state index contributed by atoms with van der Waals surface area (Å²) in [7, 11) is 0. The molecule has 7 heteroatoms. The van der Waals surface area contributed by atoms with Crippen LogP contribution in [0, 0.1) is 5.92 Å². The van der Waals surface area contributed by atoms with Crippen molar-refractivity contribution in [2.45, 2.75) is 97.8 Å². The molecule has 1 amide bonds. The Morgan fingerprint density at radius 3 is 2.64 bits per heavy atom. The van der Waals surface area contributed by atoms with E-state index in [1.165, 1.54) is 17.2 Å². The molecular weight excluding hydrogens is 458 g/mol. The van der Waals surface area contributed by atoms with Crippen LogP contribution in [-0.4, -0.2) is 50.3 Å². The lowest BCUT2D eigenvalue weighted by Crippen LogP contribution is -2.49. The van der Waals surface area contributed by atoms with Gasteiger partial charge in [-0.2, -0.15) is 0 Å². The average molecular weight is 500 g/mol. The minimum absolute atomic E-state index is 0.0328. The van der Waals surface area contributed by atoms with Gasteiger partial charge in [-0.15, -0.1) is 0 Å². The zero-order valence-electron chi connectivity index (χ0n) is 22.3. The zero-order valence-corrected chi connectivity index (χ0v) is 22.3. The Hall–Kier alpha value is -2.80. The summed E-state index contributed by atoms with van der Waals surface area (Å²) in [5.41, 5.74) is 3.49. The Kier molecular flexibility index (Phi) is 8.88. The zero-order chi connectivity index (χ0) is 26.6. The van der Waals surface area contributed by atoms with Gasteiger partial charge in [-0.25, -0.2) is 0 Å². The molecule has 198 valence electrons. The van der Waals surface area contributed by atoms with Crippen molar-refractivity contribution >= 4 is 11.9 Å². The van der Waals surface area contributed by atoms with Crippen LogP contribution in [0.5, 0.6) is 11.5 Å². The highest BCUT2D eigenvalue weighted by Gasteiger charge is 2.44. The van der Waals surface area contributed by atoms with E-state index in [0.29, 0.717) is 49.2 Å². The fraction of sp³-hybridized carbons (Fsp3) is 0.586. The van der Waals surface area contributed by atoms with Crippen molar-refractivity contribution in [3.8, 4) is 11.5 Å². The predicted octanol–water partition coefficient (Wildman–Crippen LogP) is 5.38. The molecule has 0 saturated heterocycles. The lowest BCUT2D eigenvalue weighted by atomic mass is 9.84. The number of amides is 1. The molecular formula is C29H41NO6. The summed E-state index contributed by atoms with van der Waals surface area (Å²) < 4.78 is 6.42. The van der Waals surface area contributed by atoms with Gasteiger partial charge in [-0.05, 0) is 72.3 Å². The number of benzene rings is 1. The summed E-state index contributed by atoms with van der Waals surface area (Å²) in [5, 5.41) is 30.7. The molecule has 3 rings (SSSR count). The van der Waals surface area contributed by atoms with Gasteiger partial charge in [0, 0.05) is 24.1 Å². The normalized spacial score (nSPS) is 22.1. The Labute approximate surface area is 214 Å². The van der Waals surface area contributed by atoms with Crippen molar-refractivity contribution in [3.63, 3.8) is 0 Å². The first-order chi connectivity index (χ1) is 16.9. The quantitative estimate of drug-likeness (QED) is 0.353. The molecule has 7 nitrogen and oxygen atoms in total. The topological polar surface area (TPSA) is 107 Å². The molecule has 0 spiro atoms. The third-order valence-corrected chi connectivity index (χ3v) is 7.48. The standard InChI is InChI=1S/C29H41NO6/c1-18(2)9-6-10-19(3)11-7-13-29(5)25(32)16-22-24(31)15-21-23(26(22)36-29)17-30(27(21)33)14-8-12-20(4)28(34)35/h9,11,15,20,25,31-32H,6-8,10,12-14,16-17H2,1-5H3,(H,34,35)/b19-11+/t20-,25-,29-/m0/s1.